The fourth-order valence-corrected chi connectivity index (χ4v) is 1.65. The Kier molecular flexibility index (Phi) is 3.79. The van der Waals surface area contributed by atoms with Gasteiger partial charge in [-0.1, -0.05) is 0 Å². The number of nitrogens with one attached hydrogen (secondary N) is 1. The predicted molar refractivity (Wildman–Crippen MR) is 57.4 cm³/mol. The Hall–Kier alpha value is -1.20. The van der Waals surface area contributed by atoms with E-state index in [0.717, 1.165) is 16.1 Å². The van der Waals surface area contributed by atoms with Crippen LogP contribution in [0.15, 0.2) is 23.1 Å². The lowest BCUT2D eigenvalue weighted by molar-refractivity contribution is -0.136. The van der Waals surface area contributed by atoms with Crippen molar-refractivity contribution < 1.29 is 9.90 Å². The Morgan fingerprint density at radius 3 is 2.79 bits per heavy atom. The maximum absolute atomic E-state index is 10.5. The summed E-state index contributed by atoms with van der Waals surface area (Å²) in [6.45, 7) is 0. The Balaban J connectivity index is 2.98. The topological polar surface area (TPSA) is 75.3 Å². The number of thioether (sulfide) groups is 1. The van der Waals surface area contributed by atoms with Crippen molar-refractivity contribution >= 4 is 23.4 Å². The minimum absolute atomic E-state index is 0.0169. The van der Waals surface area contributed by atoms with Crippen LogP contribution in [0.1, 0.15) is 5.56 Å². The van der Waals surface area contributed by atoms with E-state index < -0.39 is 5.97 Å². The summed E-state index contributed by atoms with van der Waals surface area (Å²) in [7, 11) is 0. The molecule has 0 heterocycles. The molecule has 4 N–H and O–H groups in total. The van der Waals surface area contributed by atoms with Crippen molar-refractivity contribution in [3.8, 4) is 0 Å². The van der Waals surface area contributed by atoms with Gasteiger partial charge in [-0.05, 0) is 30.0 Å². The Morgan fingerprint density at radius 1 is 1.57 bits per heavy atom. The minimum Gasteiger partial charge on any atom is -0.481 e. The van der Waals surface area contributed by atoms with Crippen molar-refractivity contribution in [2.75, 3.05) is 11.7 Å². The number of aliphatic carboxylic acids is 1. The maximum atomic E-state index is 10.5. The van der Waals surface area contributed by atoms with E-state index in [1.165, 1.54) is 0 Å². The number of benzene rings is 1. The Labute approximate surface area is 86.5 Å². The van der Waals surface area contributed by atoms with E-state index in [1.54, 1.807) is 17.8 Å². The third-order valence-electron chi connectivity index (χ3n) is 1.72. The van der Waals surface area contributed by atoms with Crippen molar-refractivity contribution in [2.24, 2.45) is 5.84 Å². The number of carbonyl (C=O) groups is 1. The molecule has 4 nitrogen and oxygen atoms in total. The highest BCUT2D eigenvalue weighted by Crippen LogP contribution is 2.21. The van der Waals surface area contributed by atoms with Crippen molar-refractivity contribution in [1.82, 2.24) is 0 Å². The molecule has 1 aromatic carbocycles. The molecule has 1 aromatic rings. The molecule has 0 atom stereocenters. The molecule has 0 amide bonds. The van der Waals surface area contributed by atoms with Gasteiger partial charge in [0.1, 0.15) is 0 Å². The molecular formula is C9H12N2O2S. The summed E-state index contributed by atoms with van der Waals surface area (Å²) in [4.78, 5) is 11.5. The van der Waals surface area contributed by atoms with E-state index in [-0.39, 0.29) is 6.42 Å². The first-order chi connectivity index (χ1) is 6.65. The van der Waals surface area contributed by atoms with Gasteiger partial charge in [0.25, 0.3) is 0 Å². The number of hydrazine groups is 1. The summed E-state index contributed by atoms with van der Waals surface area (Å²) in [5, 5.41) is 8.64. The van der Waals surface area contributed by atoms with Crippen LogP contribution >= 0.6 is 11.8 Å². The fourth-order valence-electron chi connectivity index (χ4n) is 1.14. The molecule has 0 saturated carbocycles. The average Bonchev–Trinajstić information content (AvgIpc) is 2.16. The van der Waals surface area contributed by atoms with E-state index in [0.29, 0.717) is 0 Å². The molecule has 1 rings (SSSR count). The lowest BCUT2D eigenvalue weighted by Gasteiger charge is -2.06. The summed E-state index contributed by atoms with van der Waals surface area (Å²) < 4.78 is 0. The van der Waals surface area contributed by atoms with Crippen LogP contribution in [0.3, 0.4) is 0 Å². The second-order valence-corrected chi connectivity index (χ2v) is 3.66. The largest absolute Gasteiger partial charge is 0.481 e. The Morgan fingerprint density at radius 2 is 2.29 bits per heavy atom. The molecule has 0 spiro atoms. The molecular weight excluding hydrogens is 200 g/mol. The third-order valence-corrected chi connectivity index (χ3v) is 2.43. The van der Waals surface area contributed by atoms with E-state index in [2.05, 4.69) is 5.43 Å². The summed E-state index contributed by atoms with van der Waals surface area (Å²) in [5.41, 5.74) is 3.99. The number of nitrogens with two attached hydrogens (primary N) is 1. The third kappa shape index (κ3) is 2.93. The normalized spacial score (nSPS) is 9.86. The SMILES string of the molecule is CSc1cc(CC(=O)O)cc(NN)c1. The zero-order valence-electron chi connectivity index (χ0n) is 7.78. The summed E-state index contributed by atoms with van der Waals surface area (Å²) in [5.74, 6) is 4.42. The van der Waals surface area contributed by atoms with Gasteiger partial charge in [-0.25, -0.2) is 0 Å². The van der Waals surface area contributed by atoms with Crippen molar-refractivity contribution in [3.63, 3.8) is 0 Å². The van der Waals surface area contributed by atoms with Gasteiger partial charge in [0, 0.05) is 10.6 Å². The summed E-state index contributed by atoms with van der Waals surface area (Å²) >= 11 is 1.55. The molecule has 0 bridgehead atoms. The standard InChI is InChI=1S/C9H12N2O2S/c1-14-8-3-6(4-9(12)13)2-7(5-8)11-10/h2-3,5,11H,4,10H2,1H3,(H,12,13). The van der Waals surface area contributed by atoms with Crippen molar-refractivity contribution in [3.05, 3.63) is 23.8 Å². The average molecular weight is 212 g/mol. The molecule has 5 heteroatoms. The molecule has 0 aliphatic heterocycles. The quantitative estimate of drug-likeness (QED) is 0.399. The second-order valence-electron chi connectivity index (χ2n) is 2.78. The molecule has 0 saturated heterocycles. The first-order valence-electron chi connectivity index (χ1n) is 4.02. The first kappa shape index (κ1) is 10.9. The van der Waals surface area contributed by atoms with Gasteiger partial charge in [-0.2, -0.15) is 0 Å². The van der Waals surface area contributed by atoms with E-state index >= 15 is 0 Å². The number of hydrogen-bond donors (Lipinski definition) is 3. The van der Waals surface area contributed by atoms with Crippen LogP contribution in [0.4, 0.5) is 5.69 Å². The lowest BCUT2D eigenvalue weighted by atomic mass is 10.1. The zero-order chi connectivity index (χ0) is 10.6. The number of anilines is 1. The van der Waals surface area contributed by atoms with E-state index in [4.69, 9.17) is 10.9 Å². The van der Waals surface area contributed by atoms with Crippen LogP contribution in [0.2, 0.25) is 0 Å². The number of nitrogen functional groups attached to an aromatic ring is 1. The number of hydrogen-bond acceptors (Lipinski definition) is 4. The molecule has 0 aromatic heterocycles. The monoisotopic (exact) mass is 212 g/mol. The smallest absolute Gasteiger partial charge is 0.307 e. The first-order valence-corrected chi connectivity index (χ1v) is 5.24. The van der Waals surface area contributed by atoms with Crippen LogP contribution in [-0.4, -0.2) is 17.3 Å². The second kappa shape index (κ2) is 4.88. The van der Waals surface area contributed by atoms with Gasteiger partial charge in [-0.3, -0.25) is 10.6 Å². The highest BCUT2D eigenvalue weighted by atomic mass is 32.2. The van der Waals surface area contributed by atoms with Crippen LogP contribution in [0.25, 0.3) is 0 Å². The van der Waals surface area contributed by atoms with Gasteiger partial charge in [0.05, 0.1) is 6.42 Å². The highest BCUT2D eigenvalue weighted by molar-refractivity contribution is 7.98. The molecule has 0 unspecified atom stereocenters. The lowest BCUT2D eigenvalue weighted by Crippen LogP contribution is -2.08. The van der Waals surface area contributed by atoms with E-state index in [9.17, 15) is 4.79 Å². The van der Waals surface area contributed by atoms with Crippen molar-refractivity contribution in [2.45, 2.75) is 11.3 Å². The number of carboxylic acid groups (broad SMARTS) is 1. The van der Waals surface area contributed by atoms with E-state index in [1.807, 2.05) is 18.4 Å². The van der Waals surface area contributed by atoms with Gasteiger partial charge in [0.2, 0.25) is 0 Å². The Bertz CT molecular complexity index is 319. The highest BCUT2D eigenvalue weighted by Gasteiger charge is 2.03. The van der Waals surface area contributed by atoms with Crippen LogP contribution < -0.4 is 11.3 Å². The maximum Gasteiger partial charge on any atom is 0.307 e. The predicted octanol–water partition coefficient (Wildman–Crippen LogP) is 1.32. The fraction of sp³-hybridized carbons (Fsp3) is 0.222. The molecule has 14 heavy (non-hydrogen) atoms. The van der Waals surface area contributed by atoms with Gasteiger partial charge in [-0.15, -0.1) is 11.8 Å². The molecule has 0 aliphatic carbocycles. The summed E-state index contributed by atoms with van der Waals surface area (Å²) in [6, 6.07) is 5.45. The number of carboxylic acids is 1. The zero-order valence-corrected chi connectivity index (χ0v) is 8.60. The van der Waals surface area contributed by atoms with Crippen LogP contribution in [-0.2, 0) is 11.2 Å². The van der Waals surface area contributed by atoms with Crippen molar-refractivity contribution in [1.29, 1.82) is 0 Å². The minimum atomic E-state index is -0.841. The summed E-state index contributed by atoms with van der Waals surface area (Å²) in [6.07, 6.45) is 1.95. The van der Waals surface area contributed by atoms with Gasteiger partial charge >= 0.3 is 5.97 Å². The number of rotatable bonds is 4. The molecule has 0 fully saturated rings. The van der Waals surface area contributed by atoms with Gasteiger partial charge in [0.15, 0.2) is 0 Å². The molecule has 0 aliphatic rings. The molecule has 76 valence electrons. The molecule has 0 radical (unpaired) electrons. The van der Waals surface area contributed by atoms with Gasteiger partial charge < -0.3 is 10.5 Å². The van der Waals surface area contributed by atoms with Crippen LogP contribution in [0.5, 0.6) is 0 Å². The van der Waals surface area contributed by atoms with Crippen LogP contribution in [0, 0.1) is 0 Å².